The van der Waals surface area contributed by atoms with Crippen molar-refractivity contribution >= 4 is 6.09 Å². The summed E-state index contributed by atoms with van der Waals surface area (Å²) in [5.74, 6) is 0. The van der Waals surface area contributed by atoms with Crippen LogP contribution in [0.5, 0.6) is 0 Å². The second kappa shape index (κ2) is 5.02. The monoisotopic (exact) mass is 292 g/mol. The first-order valence-corrected chi connectivity index (χ1v) is 7.66. The lowest BCUT2D eigenvalue weighted by Crippen LogP contribution is -2.40. The van der Waals surface area contributed by atoms with Gasteiger partial charge in [0.15, 0.2) is 0 Å². The molecule has 0 atom stereocenters. The Labute approximate surface area is 125 Å². The summed E-state index contributed by atoms with van der Waals surface area (Å²) in [5.41, 5.74) is 8.76. The van der Waals surface area contributed by atoms with Crippen LogP contribution in [0.2, 0.25) is 0 Å². The van der Waals surface area contributed by atoms with Crippen molar-refractivity contribution in [3.05, 3.63) is 17.0 Å². The van der Waals surface area contributed by atoms with Crippen molar-refractivity contribution in [2.24, 2.45) is 5.73 Å². The van der Waals surface area contributed by atoms with E-state index in [0.717, 1.165) is 23.4 Å². The average molecular weight is 292 g/mol. The Kier molecular flexibility index (Phi) is 3.43. The Bertz CT molecular complexity index is 555. The summed E-state index contributed by atoms with van der Waals surface area (Å²) in [7, 11) is 0. The van der Waals surface area contributed by atoms with E-state index in [1.807, 2.05) is 20.8 Å². The summed E-state index contributed by atoms with van der Waals surface area (Å²) in [6.07, 6.45) is 2.89. The van der Waals surface area contributed by atoms with Gasteiger partial charge in [-0.3, -0.25) is 4.68 Å². The Hall–Kier alpha value is -1.56. The van der Waals surface area contributed by atoms with Crippen molar-refractivity contribution < 1.29 is 9.53 Å². The van der Waals surface area contributed by atoms with E-state index in [0.29, 0.717) is 25.7 Å². The molecule has 1 saturated carbocycles. The minimum Gasteiger partial charge on any atom is -0.444 e. The number of hydrogen-bond acceptors (Lipinski definition) is 4. The quantitative estimate of drug-likeness (QED) is 0.904. The van der Waals surface area contributed by atoms with Gasteiger partial charge in [-0.25, -0.2) is 4.79 Å². The molecule has 0 aromatic carbocycles. The van der Waals surface area contributed by atoms with Crippen LogP contribution in [0, 0.1) is 0 Å². The van der Waals surface area contributed by atoms with Gasteiger partial charge in [0.1, 0.15) is 5.60 Å². The predicted octanol–water partition coefficient (Wildman–Crippen LogP) is 1.97. The van der Waals surface area contributed by atoms with Gasteiger partial charge < -0.3 is 15.4 Å². The SMILES string of the molecule is CC(C)(C)OC(=O)N1CCc2nn(C3CC3)c(CN)c2C1. The average Bonchev–Trinajstić information content (AvgIpc) is 3.17. The van der Waals surface area contributed by atoms with Gasteiger partial charge in [0, 0.05) is 25.1 Å². The standard InChI is InChI=1S/C15H24N4O2/c1-15(2,3)21-14(20)18-7-6-12-11(9-18)13(8-16)19(17-12)10-4-5-10/h10H,4-9,16H2,1-3H3. The van der Waals surface area contributed by atoms with Gasteiger partial charge in [-0.05, 0) is 33.6 Å². The minimum absolute atomic E-state index is 0.254. The molecule has 116 valence electrons. The molecule has 1 fully saturated rings. The summed E-state index contributed by atoms with van der Waals surface area (Å²) in [4.78, 5) is 14.0. The van der Waals surface area contributed by atoms with Gasteiger partial charge in [-0.2, -0.15) is 5.10 Å². The third kappa shape index (κ3) is 2.90. The van der Waals surface area contributed by atoms with Gasteiger partial charge in [0.05, 0.1) is 24.0 Å². The van der Waals surface area contributed by atoms with Crippen LogP contribution in [0.15, 0.2) is 0 Å². The Morgan fingerprint density at radius 3 is 2.71 bits per heavy atom. The van der Waals surface area contributed by atoms with E-state index in [1.54, 1.807) is 4.90 Å². The largest absolute Gasteiger partial charge is 0.444 e. The number of ether oxygens (including phenoxy) is 1. The second-order valence-electron chi connectivity index (χ2n) is 6.90. The molecule has 6 heteroatoms. The van der Waals surface area contributed by atoms with Gasteiger partial charge in [-0.1, -0.05) is 0 Å². The molecule has 2 heterocycles. The predicted molar refractivity (Wildman–Crippen MR) is 78.7 cm³/mol. The highest BCUT2D eigenvalue weighted by atomic mass is 16.6. The lowest BCUT2D eigenvalue weighted by molar-refractivity contribution is 0.0223. The number of nitrogens with zero attached hydrogens (tertiary/aromatic N) is 3. The molecule has 1 aliphatic heterocycles. The number of nitrogens with two attached hydrogens (primary N) is 1. The first-order valence-electron chi connectivity index (χ1n) is 7.66. The molecule has 0 spiro atoms. The number of amides is 1. The molecule has 1 aromatic heterocycles. The maximum absolute atomic E-state index is 12.2. The van der Waals surface area contributed by atoms with E-state index in [9.17, 15) is 4.79 Å². The molecule has 1 aliphatic carbocycles. The Morgan fingerprint density at radius 1 is 1.43 bits per heavy atom. The minimum atomic E-state index is -0.466. The van der Waals surface area contributed by atoms with E-state index in [4.69, 9.17) is 15.6 Å². The number of carbonyl (C=O) groups is 1. The second-order valence-corrected chi connectivity index (χ2v) is 6.90. The number of aromatic nitrogens is 2. The Balaban J connectivity index is 1.80. The number of hydrogen-bond donors (Lipinski definition) is 1. The summed E-state index contributed by atoms with van der Waals surface area (Å²) >= 11 is 0. The van der Waals surface area contributed by atoms with E-state index in [1.165, 1.54) is 12.8 Å². The van der Waals surface area contributed by atoms with Crippen LogP contribution < -0.4 is 5.73 Å². The zero-order valence-electron chi connectivity index (χ0n) is 13.1. The van der Waals surface area contributed by atoms with Gasteiger partial charge in [0.2, 0.25) is 0 Å². The Morgan fingerprint density at radius 2 is 2.14 bits per heavy atom. The first-order chi connectivity index (χ1) is 9.89. The number of rotatable bonds is 2. The fourth-order valence-corrected chi connectivity index (χ4v) is 2.77. The van der Waals surface area contributed by atoms with E-state index >= 15 is 0 Å². The highest BCUT2D eigenvalue weighted by molar-refractivity contribution is 5.68. The van der Waals surface area contributed by atoms with Crippen LogP contribution in [0.25, 0.3) is 0 Å². The van der Waals surface area contributed by atoms with Crippen LogP contribution in [-0.2, 0) is 24.2 Å². The summed E-state index contributed by atoms with van der Waals surface area (Å²) in [6.45, 7) is 7.35. The molecule has 2 N–H and O–H groups in total. The molecule has 2 aliphatic rings. The molecular formula is C15H24N4O2. The van der Waals surface area contributed by atoms with E-state index in [2.05, 4.69) is 4.68 Å². The van der Waals surface area contributed by atoms with Gasteiger partial charge in [0.25, 0.3) is 0 Å². The van der Waals surface area contributed by atoms with Crippen LogP contribution >= 0.6 is 0 Å². The molecule has 3 rings (SSSR count). The van der Waals surface area contributed by atoms with E-state index < -0.39 is 5.60 Å². The lowest BCUT2D eigenvalue weighted by Gasteiger charge is -2.29. The van der Waals surface area contributed by atoms with Crippen molar-refractivity contribution in [3.63, 3.8) is 0 Å². The van der Waals surface area contributed by atoms with Crippen molar-refractivity contribution in [2.45, 2.75) is 64.8 Å². The lowest BCUT2D eigenvalue weighted by atomic mass is 10.1. The molecule has 6 nitrogen and oxygen atoms in total. The maximum Gasteiger partial charge on any atom is 0.410 e. The van der Waals surface area contributed by atoms with Crippen molar-refractivity contribution in [3.8, 4) is 0 Å². The summed E-state index contributed by atoms with van der Waals surface area (Å²) in [6, 6.07) is 0.518. The number of carbonyl (C=O) groups excluding carboxylic acids is 1. The van der Waals surface area contributed by atoms with E-state index in [-0.39, 0.29) is 6.09 Å². The fourth-order valence-electron chi connectivity index (χ4n) is 2.77. The normalized spacial score (nSPS) is 18.6. The van der Waals surface area contributed by atoms with Crippen LogP contribution in [0.1, 0.15) is 56.6 Å². The third-order valence-electron chi connectivity index (χ3n) is 3.91. The fraction of sp³-hybridized carbons (Fsp3) is 0.733. The van der Waals surface area contributed by atoms with Gasteiger partial charge in [-0.15, -0.1) is 0 Å². The summed E-state index contributed by atoms with van der Waals surface area (Å²) < 4.78 is 7.55. The molecule has 0 bridgehead atoms. The van der Waals surface area contributed by atoms with Crippen molar-refractivity contribution in [1.82, 2.24) is 14.7 Å². The third-order valence-corrected chi connectivity index (χ3v) is 3.91. The molecule has 0 unspecified atom stereocenters. The van der Waals surface area contributed by atoms with Gasteiger partial charge >= 0.3 is 6.09 Å². The molecular weight excluding hydrogens is 268 g/mol. The molecule has 0 saturated heterocycles. The summed E-state index contributed by atoms with van der Waals surface area (Å²) in [5, 5.41) is 4.71. The van der Waals surface area contributed by atoms with Crippen LogP contribution in [0.3, 0.4) is 0 Å². The number of fused-ring (bicyclic) bond motifs is 1. The molecule has 1 amide bonds. The van der Waals surface area contributed by atoms with Crippen LogP contribution in [0.4, 0.5) is 4.79 Å². The molecule has 1 aromatic rings. The van der Waals surface area contributed by atoms with Crippen LogP contribution in [-0.4, -0.2) is 32.9 Å². The maximum atomic E-state index is 12.2. The zero-order chi connectivity index (χ0) is 15.2. The highest BCUT2D eigenvalue weighted by Gasteiger charge is 2.33. The zero-order valence-corrected chi connectivity index (χ0v) is 13.1. The van der Waals surface area contributed by atoms with Crippen molar-refractivity contribution in [1.29, 1.82) is 0 Å². The topological polar surface area (TPSA) is 73.4 Å². The first kappa shape index (κ1) is 14.4. The van der Waals surface area contributed by atoms with Crippen molar-refractivity contribution in [2.75, 3.05) is 6.54 Å². The molecule has 21 heavy (non-hydrogen) atoms. The molecule has 0 radical (unpaired) electrons. The smallest absolute Gasteiger partial charge is 0.410 e. The highest BCUT2D eigenvalue weighted by Crippen LogP contribution is 2.37.